The van der Waals surface area contributed by atoms with E-state index in [0.29, 0.717) is 5.15 Å². The van der Waals surface area contributed by atoms with Gasteiger partial charge in [0.15, 0.2) is 0 Å². The molecule has 0 bridgehead atoms. The maximum Gasteiger partial charge on any atom is 0.223 e. The minimum atomic E-state index is 0. The highest BCUT2D eigenvalue weighted by Crippen LogP contribution is 2.18. The molecule has 1 aromatic rings. The van der Waals surface area contributed by atoms with Crippen LogP contribution in [-0.2, 0) is 6.54 Å². The largest absolute Gasteiger partial charge is 0.326 e. The van der Waals surface area contributed by atoms with Gasteiger partial charge in [-0.1, -0.05) is 11.6 Å². The fraction of sp³-hybridized carbons (Fsp3) is 0.556. The number of aromatic nitrogens is 2. The molecule has 0 spiro atoms. The zero-order valence-electron chi connectivity index (χ0n) is 8.57. The molecule has 1 saturated heterocycles. The Morgan fingerprint density at radius 2 is 2.25 bits per heavy atom. The Labute approximate surface area is 111 Å². The van der Waals surface area contributed by atoms with Crippen LogP contribution in [0.25, 0.3) is 0 Å². The summed E-state index contributed by atoms with van der Waals surface area (Å²) in [6.45, 7) is 2.64. The maximum atomic E-state index is 5.95. The van der Waals surface area contributed by atoms with Crippen LogP contribution in [0.4, 0.5) is 0 Å². The first-order valence-electron chi connectivity index (χ1n) is 4.80. The maximum absolute atomic E-state index is 5.95. The van der Waals surface area contributed by atoms with Crippen LogP contribution < -0.4 is 5.73 Å². The summed E-state index contributed by atoms with van der Waals surface area (Å²) < 4.78 is 0. The first-order chi connectivity index (χ1) is 7.15. The molecule has 4 nitrogen and oxygen atoms in total. The zero-order chi connectivity index (χ0) is 10.8. The van der Waals surface area contributed by atoms with Gasteiger partial charge < -0.3 is 5.73 Å². The lowest BCUT2D eigenvalue weighted by atomic mass is 10.3. The van der Waals surface area contributed by atoms with Crippen molar-refractivity contribution in [2.45, 2.75) is 19.0 Å². The van der Waals surface area contributed by atoms with Gasteiger partial charge in [0.1, 0.15) is 5.15 Å². The lowest BCUT2D eigenvalue weighted by Crippen LogP contribution is -2.26. The molecule has 0 aromatic carbocycles. The van der Waals surface area contributed by atoms with Crippen molar-refractivity contribution in [2.75, 3.05) is 13.1 Å². The molecule has 0 amide bonds. The SMILES string of the molecule is Cl.N[C@@H]1CCN(Cc2cnc(Cl)nc2Cl)C1. The van der Waals surface area contributed by atoms with Crippen molar-refractivity contribution < 1.29 is 0 Å². The van der Waals surface area contributed by atoms with Crippen molar-refractivity contribution in [1.82, 2.24) is 14.9 Å². The topological polar surface area (TPSA) is 55.0 Å². The number of hydrogen-bond acceptors (Lipinski definition) is 4. The van der Waals surface area contributed by atoms with Crippen LogP contribution in [-0.4, -0.2) is 34.0 Å². The molecular weight excluding hydrogens is 270 g/mol. The van der Waals surface area contributed by atoms with Crippen molar-refractivity contribution in [3.63, 3.8) is 0 Å². The number of hydrogen-bond donors (Lipinski definition) is 1. The van der Waals surface area contributed by atoms with Crippen LogP contribution in [0.5, 0.6) is 0 Å². The highest BCUT2D eigenvalue weighted by molar-refractivity contribution is 6.32. The summed E-state index contributed by atoms with van der Waals surface area (Å²) in [4.78, 5) is 10.0. The second kappa shape index (κ2) is 5.98. The molecule has 1 aliphatic rings. The van der Waals surface area contributed by atoms with E-state index in [-0.39, 0.29) is 23.7 Å². The van der Waals surface area contributed by atoms with Crippen molar-refractivity contribution in [1.29, 1.82) is 0 Å². The van der Waals surface area contributed by atoms with E-state index >= 15 is 0 Å². The number of rotatable bonds is 2. The highest BCUT2D eigenvalue weighted by Gasteiger charge is 2.20. The zero-order valence-corrected chi connectivity index (χ0v) is 10.9. The molecule has 7 heteroatoms. The van der Waals surface area contributed by atoms with Crippen molar-refractivity contribution in [3.05, 3.63) is 22.2 Å². The van der Waals surface area contributed by atoms with Crippen LogP contribution in [0.2, 0.25) is 10.4 Å². The molecule has 1 fully saturated rings. The van der Waals surface area contributed by atoms with Gasteiger partial charge >= 0.3 is 0 Å². The Morgan fingerprint density at radius 1 is 1.50 bits per heavy atom. The van der Waals surface area contributed by atoms with E-state index in [1.54, 1.807) is 6.20 Å². The van der Waals surface area contributed by atoms with E-state index in [1.807, 2.05) is 0 Å². The van der Waals surface area contributed by atoms with Crippen LogP contribution in [0.15, 0.2) is 6.20 Å². The number of halogens is 3. The summed E-state index contributed by atoms with van der Waals surface area (Å²) in [6.07, 6.45) is 2.70. The molecule has 1 aliphatic heterocycles. The molecule has 1 aromatic heterocycles. The fourth-order valence-electron chi connectivity index (χ4n) is 1.72. The third-order valence-electron chi connectivity index (χ3n) is 2.49. The number of likely N-dealkylation sites (tertiary alicyclic amines) is 1. The Morgan fingerprint density at radius 3 is 2.81 bits per heavy atom. The predicted molar refractivity (Wildman–Crippen MR) is 67.2 cm³/mol. The van der Waals surface area contributed by atoms with Gasteiger partial charge in [-0.2, -0.15) is 0 Å². The summed E-state index contributed by atoms with van der Waals surface area (Å²) in [5, 5.41) is 0.609. The van der Waals surface area contributed by atoms with Gasteiger partial charge in [0, 0.05) is 37.4 Å². The molecule has 0 aliphatic carbocycles. The average molecular weight is 284 g/mol. The molecule has 0 unspecified atom stereocenters. The Hall–Kier alpha value is -0.130. The summed E-state index contributed by atoms with van der Waals surface area (Å²) in [5.74, 6) is 0. The van der Waals surface area contributed by atoms with E-state index < -0.39 is 0 Å². The Kier molecular flexibility index (Phi) is 5.21. The summed E-state index contributed by atoms with van der Waals surface area (Å²) in [5.41, 5.74) is 6.71. The van der Waals surface area contributed by atoms with E-state index in [0.717, 1.165) is 31.6 Å². The van der Waals surface area contributed by atoms with E-state index in [2.05, 4.69) is 14.9 Å². The van der Waals surface area contributed by atoms with Crippen LogP contribution in [0, 0.1) is 0 Å². The second-order valence-corrected chi connectivity index (χ2v) is 4.44. The third kappa shape index (κ3) is 3.43. The number of nitrogens with two attached hydrogens (primary N) is 1. The van der Waals surface area contributed by atoms with Gasteiger partial charge in [-0.05, 0) is 18.0 Å². The monoisotopic (exact) mass is 282 g/mol. The van der Waals surface area contributed by atoms with Crippen LogP contribution in [0.3, 0.4) is 0 Å². The Bertz CT molecular complexity index is 361. The van der Waals surface area contributed by atoms with Gasteiger partial charge in [-0.15, -0.1) is 12.4 Å². The molecule has 2 rings (SSSR count). The standard InChI is InChI=1S/C9H12Cl2N4.ClH/c10-8-6(3-13-9(11)14-8)4-15-2-1-7(12)5-15;/h3,7H,1-2,4-5,12H2;1H/t7-;/m1./s1. The fourth-order valence-corrected chi connectivity index (χ4v) is 2.08. The van der Waals surface area contributed by atoms with E-state index in [1.165, 1.54) is 0 Å². The summed E-state index contributed by atoms with van der Waals surface area (Å²) in [6, 6.07) is 0.275. The smallest absolute Gasteiger partial charge is 0.223 e. The van der Waals surface area contributed by atoms with E-state index in [9.17, 15) is 0 Å². The molecule has 1 atom stereocenters. The van der Waals surface area contributed by atoms with Gasteiger partial charge in [0.25, 0.3) is 0 Å². The summed E-state index contributed by atoms with van der Waals surface area (Å²) >= 11 is 11.6. The normalized spacial score (nSPS) is 20.8. The molecule has 90 valence electrons. The van der Waals surface area contributed by atoms with Gasteiger partial charge in [-0.3, -0.25) is 4.90 Å². The minimum Gasteiger partial charge on any atom is -0.326 e. The molecule has 0 saturated carbocycles. The van der Waals surface area contributed by atoms with Crippen molar-refractivity contribution in [2.24, 2.45) is 5.73 Å². The van der Waals surface area contributed by atoms with Crippen LogP contribution >= 0.6 is 35.6 Å². The highest BCUT2D eigenvalue weighted by atomic mass is 35.5. The lowest BCUT2D eigenvalue weighted by Gasteiger charge is -2.15. The van der Waals surface area contributed by atoms with Crippen molar-refractivity contribution in [3.8, 4) is 0 Å². The van der Waals surface area contributed by atoms with Crippen molar-refractivity contribution >= 4 is 35.6 Å². The molecule has 0 radical (unpaired) electrons. The molecular formula is C9H13Cl3N4. The summed E-state index contributed by atoms with van der Waals surface area (Å²) in [7, 11) is 0. The first kappa shape index (κ1) is 13.9. The van der Waals surface area contributed by atoms with Gasteiger partial charge in [0.2, 0.25) is 5.28 Å². The quantitative estimate of drug-likeness (QED) is 0.663. The second-order valence-electron chi connectivity index (χ2n) is 3.74. The third-order valence-corrected chi connectivity index (χ3v) is 2.99. The average Bonchev–Trinajstić information content (AvgIpc) is 2.56. The minimum absolute atomic E-state index is 0. The molecule has 2 heterocycles. The van der Waals surface area contributed by atoms with Gasteiger partial charge in [-0.25, -0.2) is 9.97 Å². The Balaban J connectivity index is 0.00000128. The number of nitrogens with zero attached hydrogens (tertiary/aromatic N) is 3. The van der Waals surface area contributed by atoms with Crippen LogP contribution in [0.1, 0.15) is 12.0 Å². The van der Waals surface area contributed by atoms with E-state index in [4.69, 9.17) is 28.9 Å². The molecule has 16 heavy (non-hydrogen) atoms. The molecule has 2 N–H and O–H groups in total. The van der Waals surface area contributed by atoms with Gasteiger partial charge in [0.05, 0.1) is 0 Å². The predicted octanol–water partition coefficient (Wildman–Crippen LogP) is 1.74. The first-order valence-corrected chi connectivity index (χ1v) is 5.55. The lowest BCUT2D eigenvalue weighted by molar-refractivity contribution is 0.326.